The molecule has 0 unspecified atom stereocenters. The monoisotopic (exact) mass is 318 g/mol. The van der Waals surface area contributed by atoms with Gasteiger partial charge >= 0.3 is 5.97 Å². The van der Waals surface area contributed by atoms with Crippen molar-refractivity contribution in [2.75, 3.05) is 0 Å². The predicted molar refractivity (Wildman–Crippen MR) is 82.8 cm³/mol. The number of benzene rings is 1. The van der Waals surface area contributed by atoms with Gasteiger partial charge in [-0.05, 0) is 24.5 Å². The third-order valence-corrected chi connectivity index (χ3v) is 3.26. The van der Waals surface area contributed by atoms with Crippen molar-refractivity contribution in [2.24, 2.45) is 5.92 Å². The number of fused-ring (bicyclic) bond motifs is 1. The summed E-state index contributed by atoms with van der Waals surface area (Å²) in [5, 5.41) is 19.5. The molecule has 0 radical (unpaired) electrons. The fourth-order valence-corrected chi connectivity index (χ4v) is 2.20. The lowest BCUT2D eigenvalue weighted by Crippen LogP contribution is -2.44. The van der Waals surface area contributed by atoms with Gasteiger partial charge in [0.2, 0.25) is 5.91 Å². The molecule has 122 valence electrons. The van der Waals surface area contributed by atoms with Crippen LogP contribution in [0.5, 0.6) is 0 Å². The number of carbonyl (C=O) groups excluding carboxylic acids is 1. The summed E-state index contributed by atoms with van der Waals surface area (Å²) in [6, 6.07) is 5.68. The largest absolute Gasteiger partial charge is 0.480 e. The Labute approximate surface area is 132 Å². The van der Waals surface area contributed by atoms with E-state index in [-0.39, 0.29) is 12.5 Å². The lowest BCUT2D eigenvalue weighted by molar-refractivity contribution is -0.142. The normalized spacial score (nSPS) is 12.3. The van der Waals surface area contributed by atoms with Gasteiger partial charge in [-0.15, -0.1) is 5.10 Å². The number of carboxylic acid groups (broad SMARTS) is 1. The number of carbonyl (C=O) groups is 2. The number of nitrogens with zero attached hydrogens (tertiary/aromatic N) is 3. The molecule has 1 amide bonds. The van der Waals surface area contributed by atoms with E-state index in [4.69, 9.17) is 5.11 Å². The van der Waals surface area contributed by atoms with Crippen LogP contribution in [0.15, 0.2) is 29.1 Å². The summed E-state index contributed by atoms with van der Waals surface area (Å²) in [6.45, 7) is 3.35. The molecule has 0 aliphatic rings. The van der Waals surface area contributed by atoms with Crippen LogP contribution in [0.1, 0.15) is 20.3 Å². The summed E-state index contributed by atoms with van der Waals surface area (Å²) in [5.74, 6) is -1.59. The summed E-state index contributed by atoms with van der Waals surface area (Å²) in [6.07, 6.45) is 0.305. The number of aromatic nitrogens is 3. The van der Waals surface area contributed by atoms with E-state index in [2.05, 4.69) is 15.6 Å². The molecule has 2 aromatic rings. The first-order valence-corrected chi connectivity index (χ1v) is 7.23. The van der Waals surface area contributed by atoms with E-state index in [1.54, 1.807) is 24.3 Å². The third-order valence-electron chi connectivity index (χ3n) is 3.26. The van der Waals surface area contributed by atoms with Crippen molar-refractivity contribution in [3.05, 3.63) is 34.6 Å². The van der Waals surface area contributed by atoms with Gasteiger partial charge < -0.3 is 10.4 Å². The Kier molecular flexibility index (Phi) is 5.05. The zero-order chi connectivity index (χ0) is 17.0. The first kappa shape index (κ1) is 16.6. The van der Waals surface area contributed by atoms with Crippen molar-refractivity contribution in [2.45, 2.75) is 32.9 Å². The highest BCUT2D eigenvalue weighted by atomic mass is 16.4. The number of hydrogen-bond donors (Lipinski definition) is 2. The Morgan fingerprint density at radius 2 is 2.00 bits per heavy atom. The SMILES string of the molecule is CC(C)C[C@H](NC(=O)Cn1nnc2ccccc2c1=O)C(=O)O. The summed E-state index contributed by atoms with van der Waals surface area (Å²) >= 11 is 0. The molecule has 23 heavy (non-hydrogen) atoms. The lowest BCUT2D eigenvalue weighted by atomic mass is 10.0. The first-order valence-electron chi connectivity index (χ1n) is 7.23. The highest BCUT2D eigenvalue weighted by Gasteiger charge is 2.21. The molecule has 1 atom stereocenters. The average molecular weight is 318 g/mol. The third kappa shape index (κ3) is 4.12. The Hall–Kier alpha value is -2.77. The maximum atomic E-state index is 12.2. The van der Waals surface area contributed by atoms with Crippen molar-refractivity contribution >= 4 is 22.8 Å². The van der Waals surface area contributed by atoms with Gasteiger partial charge in [0.25, 0.3) is 5.56 Å². The average Bonchev–Trinajstić information content (AvgIpc) is 2.49. The quantitative estimate of drug-likeness (QED) is 0.797. The highest BCUT2D eigenvalue weighted by molar-refractivity contribution is 5.83. The molecule has 0 aliphatic heterocycles. The van der Waals surface area contributed by atoms with E-state index < -0.39 is 23.5 Å². The van der Waals surface area contributed by atoms with E-state index in [0.717, 1.165) is 4.68 Å². The minimum atomic E-state index is -1.11. The highest BCUT2D eigenvalue weighted by Crippen LogP contribution is 2.05. The molecule has 2 N–H and O–H groups in total. The van der Waals surface area contributed by atoms with E-state index >= 15 is 0 Å². The second-order valence-corrected chi connectivity index (χ2v) is 5.66. The smallest absolute Gasteiger partial charge is 0.326 e. The predicted octanol–water partition coefficient (Wildman–Crippen LogP) is 0.407. The molecule has 0 saturated heterocycles. The maximum Gasteiger partial charge on any atom is 0.326 e. The Bertz CT molecular complexity index is 784. The molecule has 0 saturated carbocycles. The minimum absolute atomic E-state index is 0.111. The number of nitrogens with one attached hydrogen (secondary N) is 1. The van der Waals surface area contributed by atoms with Crippen molar-refractivity contribution in [3.63, 3.8) is 0 Å². The van der Waals surface area contributed by atoms with Gasteiger partial charge in [-0.25, -0.2) is 9.48 Å². The second kappa shape index (κ2) is 6.99. The number of aliphatic carboxylic acids is 1. The molecule has 0 aliphatic carbocycles. The molecule has 8 heteroatoms. The van der Waals surface area contributed by atoms with Gasteiger partial charge in [0, 0.05) is 0 Å². The molecule has 0 spiro atoms. The van der Waals surface area contributed by atoms with Crippen LogP contribution < -0.4 is 10.9 Å². The zero-order valence-corrected chi connectivity index (χ0v) is 12.9. The summed E-state index contributed by atoms with van der Waals surface area (Å²) < 4.78 is 0.923. The van der Waals surface area contributed by atoms with Crippen LogP contribution in [0, 0.1) is 5.92 Å². The Balaban J connectivity index is 2.15. The topological polar surface area (TPSA) is 114 Å². The van der Waals surface area contributed by atoms with Crippen molar-refractivity contribution < 1.29 is 14.7 Å². The lowest BCUT2D eigenvalue weighted by Gasteiger charge is -2.16. The van der Waals surface area contributed by atoms with Crippen LogP contribution in [-0.2, 0) is 16.1 Å². The molecular weight excluding hydrogens is 300 g/mol. The first-order chi connectivity index (χ1) is 10.9. The minimum Gasteiger partial charge on any atom is -0.480 e. The summed E-state index contributed by atoms with van der Waals surface area (Å²) in [7, 11) is 0. The maximum absolute atomic E-state index is 12.2. The summed E-state index contributed by atoms with van der Waals surface area (Å²) in [5.41, 5.74) is -0.00105. The van der Waals surface area contributed by atoms with E-state index in [1.165, 1.54) is 0 Å². The number of carboxylic acids is 1. The van der Waals surface area contributed by atoms with Gasteiger partial charge in [0.1, 0.15) is 18.1 Å². The van der Waals surface area contributed by atoms with Crippen molar-refractivity contribution in [1.29, 1.82) is 0 Å². The van der Waals surface area contributed by atoms with Crippen LogP contribution in [0.4, 0.5) is 0 Å². The van der Waals surface area contributed by atoms with Gasteiger partial charge in [0.05, 0.1) is 5.39 Å². The fourth-order valence-electron chi connectivity index (χ4n) is 2.20. The van der Waals surface area contributed by atoms with Crippen molar-refractivity contribution in [1.82, 2.24) is 20.3 Å². The molecule has 1 aromatic carbocycles. The molecule has 1 heterocycles. The van der Waals surface area contributed by atoms with E-state index in [0.29, 0.717) is 17.3 Å². The molecule has 0 fully saturated rings. The molecular formula is C15H18N4O4. The van der Waals surface area contributed by atoms with Crippen LogP contribution in [-0.4, -0.2) is 38.0 Å². The number of rotatable bonds is 6. The second-order valence-electron chi connectivity index (χ2n) is 5.66. The molecule has 0 bridgehead atoms. The van der Waals surface area contributed by atoms with Crippen LogP contribution in [0.25, 0.3) is 10.9 Å². The molecule has 1 aromatic heterocycles. The Morgan fingerprint density at radius 3 is 2.65 bits per heavy atom. The van der Waals surface area contributed by atoms with Gasteiger partial charge in [-0.1, -0.05) is 31.2 Å². The van der Waals surface area contributed by atoms with Gasteiger partial charge in [-0.2, -0.15) is 0 Å². The van der Waals surface area contributed by atoms with Crippen LogP contribution in [0.2, 0.25) is 0 Å². The van der Waals surface area contributed by atoms with Crippen molar-refractivity contribution in [3.8, 4) is 0 Å². The number of hydrogen-bond acceptors (Lipinski definition) is 5. The van der Waals surface area contributed by atoms with E-state index in [9.17, 15) is 14.4 Å². The summed E-state index contributed by atoms with van der Waals surface area (Å²) in [4.78, 5) is 35.4. The number of amides is 1. The van der Waals surface area contributed by atoms with Crippen LogP contribution in [0.3, 0.4) is 0 Å². The van der Waals surface area contributed by atoms with Gasteiger partial charge in [-0.3, -0.25) is 9.59 Å². The Morgan fingerprint density at radius 1 is 1.30 bits per heavy atom. The van der Waals surface area contributed by atoms with Crippen LogP contribution >= 0.6 is 0 Å². The molecule has 8 nitrogen and oxygen atoms in total. The fraction of sp³-hybridized carbons (Fsp3) is 0.400. The van der Waals surface area contributed by atoms with Gasteiger partial charge in [0.15, 0.2) is 0 Å². The standard InChI is InChI=1S/C15H18N4O4/c1-9(2)7-12(15(22)23)16-13(20)8-19-14(21)10-5-3-4-6-11(10)17-18-19/h3-6,9,12H,7-8H2,1-2H3,(H,16,20)(H,22,23)/t12-/m0/s1. The zero-order valence-electron chi connectivity index (χ0n) is 12.9. The van der Waals surface area contributed by atoms with E-state index in [1.807, 2.05) is 13.8 Å². The molecule has 2 rings (SSSR count).